The van der Waals surface area contributed by atoms with Gasteiger partial charge in [-0.2, -0.15) is 0 Å². The van der Waals surface area contributed by atoms with Gasteiger partial charge in [0.15, 0.2) is 5.70 Å². The number of nitrogens with zero attached hydrogens (tertiary/aromatic N) is 2. The first-order valence-electron chi connectivity index (χ1n) is 7.68. The van der Waals surface area contributed by atoms with Gasteiger partial charge in [0.25, 0.3) is 5.69 Å². The van der Waals surface area contributed by atoms with Gasteiger partial charge in [0.2, 0.25) is 5.90 Å². The number of esters is 1. The lowest BCUT2D eigenvalue weighted by molar-refractivity contribution is -0.384. The second-order valence-corrected chi connectivity index (χ2v) is 7.96. The predicted molar refractivity (Wildman–Crippen MR) is 111 cm³/mol. The van der Waals surface area contributed by atoms with Crippen LogP contribution >= 0.6 is 46.1 Å². The zero-order valence-electron chi connectivity index (χ0n) is 13.6. The predicted octanol–water partition coefficient (Wildman–Crippen LogP) is 6.11. The third-order valence-electron chi connectivity index (χ3n) is 3.87. The summed E-state index contributed by atoms with van der Waals surface area (Å²) in [6, 6.07) is 9.00. The van der Waals surface area contributed by atoms with E-state index in [4.69, 9.17) is 39.5 Å². The zero-order chi connectivity index (χ0) is 20.0. The summed E-state index contributed by atoms with van der Waals surface area (Å²) < 4.78 is 6.00. The summed E-state index contributed by atoms with van der Waals surface area (Å²) in [6.45, 7) is 0. The molecule has 3 aromatic rings. The van der Waals surface area contributed by atoms with Gasteiger partial charge in [0.05, 0.1) is 15.0 Å². The highest BCUT2D eigenvalue weighted by molar-refractivity contribution is 7.21. The molecule has 0 saturated heterocycles. The molecule has 6 nitrogen and oxygen atoms in total. The van der Waals surface area contributed by atoms with Crippen molar-refractivity contribution in [3.8, 4) is 0 Å². The van der Waals surface area contributed by atoms with Crippen molar-refractivity contribution in [1.29, 1.82) is 0 Å². The molecule has 140 valence electrons. The van der Waals surface area contributed by atoms with Crippen molar-refractivity contribution in [2.45, 2.75) is 0 Å². The third kappa shape index (κ3) is 3.38. The van der Waals surface area contributed by atoms with Gasteiger partial charge in [-0.3, -0.25) is 10.1 Å². The van der Waals surface area contributed by atoms with E-state index < -0.39 is 10.9 Å². The van der Waals surface area contributed by atoms with Crippen LogP contribution in [0.1, 0.15) is 10.4 Å². The zero-order valence-corrected chi connectivity index (χ0v) is 16.7. The minimum atomic E-state index is -0.647. The number of carbonyl (C=O) groups is 1. The van der Waals surface area contributed by atoms with E-state index in [9.17, 15) is 14.9 Å². The van der Waals surface area contributed by atoms with E-state index in [1.165, 1.54) is 41.7 Å². The Morgan fingerprint density at radius 3 is 2.54 bits per heavy atom. The van der Waals surface area contributed by atoms with Crippen LogP contribution in [0.2, 0.25) is 15.1 Å². The van der Waals surface area contributed by atoms with Crippen molar-refractivity contribution in [3.63, 3.8) is 0 Å². The van der Waals surface area contributed by atoms with E-state index in [-0.39, 0.29) is 17.3 Å². The number of cyclic esters (lactones) is 1. The molecule has 1 aromatic heterocycles. The molecule has 1 aliphatic rings. The molecule has 0 N–H and O–H groups in total. The summed E-state index contributed by atoms with van der Waals surface area (Å²) in [7, 11) is 0. The molecule has 2 heterocycles. The Morgan fingerprint density at radius 2 is 1.86 bits per heavy atom. The number of thiophene rings is 1. The number of ether oxygens (including phenoxy) is 1. The maximum Gasteiger partial charge on any atom is 0.363 e. The molecule has 0 spiro atoms. The molecule has 0 aliphatic carbocycles. The van der Waals surface area contributed by atoms with Crippen LogP contribution in [0.15, 0.2) is 47.1 Å². The van der Waals surface area contributed by atoms with Crippen molar-refractivity contribution >= 4 is 79.9 Å². The number of nitro benzene ring substituents is 1. The Kier molecular flexibility index (Phi) is 4.84. The SMILES string of the molecule is O=C1OC(c2sc3cc(Cl)cc(Cl)c3c2Cl)=N/C1=C\c1ccc([N+](=O)[O-])cc1. The van der Waals surface area contributed by atoms with Gasteiger partial charge in [0.1, 0.15) is 4.88 Å². The summed E-state index contributed by atoms with van der Waals surface area (Å²) in [5.74, 6) is -0.581. The average Bonchev–Trinajstić information content (AvgIpc) is 3.15. The minimum absolute atomic E-state index is 0.0482. The first-order chi connectivity index (χ1) is 13.3. The van der Waals surface area contributed by atoms with Gasteiger partial charge in [-0.1, -0.05) is 34.8 Å². The second kappa shape index (κ2) is 7.18. The number of fused-ring (bicyclic) bond motifs is 1. The summed E-state index contributed by atoms with van der Waals surface area (Å²) >= 11 is 19.9. The molecule has 10 heteroatoms. The number of benzene rings is 2. The fraction of sp³-hybridized carbons (Fsp3) is 0. The summed E-state index contributed by atoms with van der Waals surface area (Å²) in [5.41, 5.74) is 0.578. The fourth-order valence-corrected chi connectivity index (χ4v) is 4.91. The summed E-state index contributed by atoms with van der Waals surface area (Å²) in [4.78, 5) is 27.1. The van der Waals surface area contributed by atoms with Gasteiger partial charge in [-0.15, -0.1) is 11.3 Å². The Bertz CT molecular complexity index is 1220. The van der Waals surface area contributed by atoms with E-state index in [0.29, 0.717) is 30.9 Å². The number of carbonyl (C=O) groups excluding carboxylic acids is 1. The van der Waals surface area contributed by atoms with Crippen LogP contribution in [0.3, 0.4) is 0 Å². The summed E-state index contributed by atoms with van der Waals surface area (Å²) in [6.07, 6.45) is 1.48. The highest BCUT2D eigenvalue weighted by Crippen LogP contribution is 2.42. The van der Waals surface area contributed by atoms with Gasteiger partial charge in [-0.05, 0) is 35.9 Å². The number of non-ortho nitro benzene ring substituents is 1. The molecule has 4 rings (SSSR count). The maximum absolute atomic E-state index is 12.2. The number of hydrogen-bond donors (Lipinski definition) is 0. The molecule has 0 radical (unpaired) electrons. The largest absolute Gasteiger partial charge is 0.401 e. The van der Waals surface area contributed by atoms with E-state index in [1.54, 1.807) is 12.1 Å². The van der Waals surface area contributed by atoms with Crippen LogP contribution in [-0.2, 0) is 9.53 Å². The topological polar surface area (TPSA) is 81.8 Å². The molecule has 28 heavy (non-hydrogen) atoms. The Hall–Kier alpha value is -2.45. The number of rotatable bonds is 3. The lowest BCUT2D eigenvalue weighted by atomic mass is 10.2. The molecular weight excluding hydrogens is 447 g/mol. The van der Waals surface area contributed by atoms with Gasteiger partial charge in [-0.25, -0.2) is 9.79 Å². The number of nitro groups is 1. The standard InChI is InChI=1S/C18H7Cl3N2O4S/c19-9-6-11(20)14-13(7-9)28-16(15(14)21)17-22-12(18(24)27-17)5-8-1-3-10(4-2-8)23(25)26/h1-7H/b12-5-. The molecule has 1 aliphatic heterocycles. The maximum atomic E-state index is 12.2. The number of hydrogen-bond acceptors (Lipinski definition) is 6. The minimum Gasteiger partial charge on any atom is -0.401 e. The first kappa shape index (κ1) is 18.9. The summed E-state index contributed by atoms with van der Waals surface area (Å²) in [5, 5.41) is 12.5. The van der Waals surface area contributed by atoms with Crippen LogP contribution in [0, 0.1) is 10.1 Å². The molecule has 0 bridgehead atoms. The molecule has 0 amide bonds. The Balaban J connectivity index is 1.73. The quantitative estimate of drug-likeness (QED) is 0.207. The van der Waals surface area contributed by atoms with E-state index in [2.05, 4.69) is 4.99 Å². The molecule has 0 atom stereocenters. The number of halogens is 3. The van der Waals surface area contributed by atoms with Crippen LogP contribution in [0.5, 0.6) is 0 Å². The number of aliphatic imine (C=N–C) groups is 1. The molecule has 0 unspecified atom stereocenters. The van der Waals surface area contributed by atoms with E-state index in [0.717, 1.165) is 4.70 Å². The second-order valence-electron chi connectivity index (χ2n) is 5.69. The third-order valence-corrected chi connectivity index (χ3v) is 6.00. The molecular formula is C18H7Cl3N2O4S. The molecule has 0 saturated carbocycles. The fourth-order valence-electron chi connectivity index (χ4n) is 2.61. The smallest absolute Gasteiger partial charge is 0.363 e. The first-order valence-corrected chi connectivity index (χ1v) is 9.63. The van der Waals surface area contributed by atoms with E-state index >= 15 is 0 Å². The van der Waals surface area contributed by atoms with Crippen LogP contribution < -0.4 is 0 Å². The Labute approximate surface area is 176 Å². The van der Waals surface area contributed by atoms with Crippen LogP contribution in [0.4, 0.5) is 5.69 Å². The lowest BCUT2D eigenvalue weighted by Crippen LogP contribution is -2.04. The molecule has 0 fully saturated rings. The van der Waals surface area contributed by atoms with Gasteiger partial charge >= 0.3 is 5.97 Å². The van der Waals surface area contributed by atoms with Crippen molar-refractivity contribution in [3.05, 3.63) is 77.7 Å². The van der Waals surface area contributed by atoms with Crippen molar-refractivity contribution in [1.82, 2.24) is 0 Å². The van der Waals surface area contributed by atoms with E-state index in [1.807, 2.05) is 0 Å². The Morgan fingerprint density at radius 1 is 1.14 bits per heavy atom. The van der Waals surface area contributed by atoms with Crippen LogP contribution in [0.25, 0.3) is 16.2 Å². The highest BCUT2D eigenvalue weighted by Gasteiger charge is 2.28. The van der Waals surface area contributed by atoms with Crippen molar-refractivity contribution < 1.29 is 14.5 Å². The van der Waals surface area contributed by atoms with Gasteiger partial charge < -0.3 is 4.74 Å². The van der Waals surface area contributed by atoms with Crippen LogP contribution in [-0.4, -0.2) is 16.8 Å². The molecule has 2 aromatic carbocycles. The van der Waals surface area contributed by atoms with Gasteiger partial charge in [0, 0.05) is 27.2 Å². The van der Waals surface area contributed by atoms with Crippen molar-refractivity contribution in [2.75, 3.05) is 0 Å². The highest BCUT2D eigenvalue weighted by atomic mass is 35.5. The lowest BCUT2D eigenvalue weighted by Gasteiger charge is -1.97. The average molecular weight is 454 g/mol. The monoisotopic (exact) mass is 452 g/mol. The van der Waals surface area contributed by atoms with Crippen molar-refractivity contribution in [2.24, 2.45) is 4.99 Å². The normalized spacial score (nSPS) is 15.2.